The standard InChI is InChI=1S/C23H33N5O2/c1-17(29)24-15-18-10-12-27(13-11-18)16-22(30)25-21-14-20(23(2,3)4)26-28(21)19-8-6-5-7-9-19/h5-9,14,18H,10-13,15-16H2,1-4H3,(H,24,29)(H,25,30). The predicted octanol–water partition coefficient (Wildman–Crippen LogP) is 2.96. The SMILES string of the molecule is CC(=O)NCC1CCN(CC(=O)Nc2cc(C(C)(C)C)nn2-c2ccccc2)CC1. The highest BCUT2D eigenvalue weighted by molar-refractivity contribution is 5.91. The number of anilines is 1. The molecule has 0 atom stereocenters. The minimum absolute atomic E-state index is 0.0152. The van der Waals surface area contributed by atoms with Gasteiger partial charge in [0, 0.05) is 24.9 Å². The topological polar surface area (TPSA) is 79.3 Å². The first-order chi connectivity index (χ1) is 14.2. The van der Waals surface area contributed by atoms with Gasteiger partial charge < -0.3 is 10.6 Å². The lowest BCUT2D eigenvalue weighted by Gasteiger charge is -2.31. The summed E-state index contributed by atoms with van der Waals surface area (Å²) < 4.78 is 1.80. The fourth-order valence-electron chi connectivity index (χ4n) is 3.62. The van der Waals surface area contributed by atoms with E-state index in [0.29, 0.717) is 18.3 Å². The smallest absolute Gasteiger partial charge is 0.239 e. The molecule has 7 heteroatoms. The lowest BCUT2D eigenvalue weighted by atomic mass is 9.92. The highest BCUT2D eigenvalue weighted by atomic mass is 16.2. The zero-order valence-corrected chi connectivity index (χ0v) is 18.4. The van der Waals surface area contributed by atoms with Gasteiger partial charge in [0.25, 0.3) is 0 Å². The summed E-state index contributed by atoms with van der Waals surface area (Å²) in [6.07, 6.45) is 1.98. The van der Waals surface area contributed by atoms with Crippen molar-refractivity contribution in [3.8, 4) is 5.69 Å². The summed E-state index contributed by atoms with van der Waals surface area (Å²) in [6.45, 7) is 10.7. The average Bonchev–Trinajstić information content (AvgIpc) is 3.12. The van der Waals surface area contributed by atoms with Gasteiger partial charge in [-0.1, -0.05) is 39.0 Å². The number of amides is 2. The van der Waals surface area contributed by atoms with Crippen LogP contribution in [0.1, 0.15) is 46.2 Å². The molecular weight excluding hydrogens is 378 g/mol. The summed E-state index contributed by atoms with van der Waals surface area (Å²) in [5, 5.41) is 10.7. The van der Waals surface area contributed by atoms with Crippen LogP contribution in [0.2, 0.25) is 0 Å². The number of para-hydroxylation sites is 1. The zero-order chi connectivity index (χ0) is 21.7. The molecule has 0 unspecified atom stereocenters. The molecule has 1 aliphatic heterocycles. The second-order valence-corrected chi connectivity index (χ2v) is 9.12. The van der Waals surface area contributed by atoms with E-state index in [1.54, 1.807) is 11.6 Å². The van der Waals surface area contributed by atoms with Gasteiger partial charge in [0.2, 0.25) is 11.8 Å². The molecule has 1 fully saturated rings. The summed E-state index contributed by atoms with van der Waals surface area (Å²) in [5.74, 6) is 1.16. The van der Waals surface area contributed by atoms with Crippen molar-refractivity contribution < 1.29 is 9.59 Å². The molecule has 2 heterocycles. The van der Waals surface area contributed by atoms with Crippen LogP contribution >= 0.6 is 0 Å². The van der Waals surface area contributed by atoms with Gasteiger partial charge in [0.05, 0.1) is 17.9 Å². The molecule has 0 spiro atoms. The summed E-state index contributed by atoms with van der Waals surface area (Å²) in [7, 11) is 0. The van der Waals surface area contributed by atoms with E-state index in [9.17, 15) is 9.59 Å². The third-order valence-electron chi connectivity index (χ3n) is 5.46. The van der Waals surface area contributed by atoms with Crippen molar-refractivity contribution in [2.24, 2.45) is 5.92 Å². The molecule has 30 heavy (non-hydrogen) atoms. The molecule has 7 nitrogen and oxygen atoms in total. The molecule has 2 amide bonds. The van der Waals surface area contributed by atoms with E-state index < -0.39 is 0 Å². The highest BCUT2D eigenvalue weighted by Gasteiger charge is 2.24. The van der Waals surface area contributed by atoms with Crippen LogP contribution in [0.5, 0.6) is 0 Å². The largest absolute Gasteiger partial charge is 0.356 e. The third kappa shape index (κ3) is 5.92. The van der Waals surface area contributed by atoms with Crippen molar-refractivity contribution in [3.05, 3.63) is 42.1 Å². The summed E-state index contributed by atoms with van der Waals surface area (Å²) >= 11 is 0. The first-order valence-corrected chi connectivity index (χ1v) is 10.6. The average molecular weight is 412 g/mol. The number of aromatic nitrogens is 2. The maximum atomic E-state index is 12.8. The fraction of sp³-hybridized carbons (Fsp3) is 0.522. The summed E-state index contributed by atoms with van der Waals surface area (Å²) in [4.78, 5) is 26.0. The lowest BCUT2D eigenvalue weighted by Crippen LogP contribution is -2.41. The Morgan fingerprint density at radius 1 is 1.13 bits per heavy atom. The Balaban J connectivity index is 1.63. The van der Waals surface area contributed by atoms with Gasteiger partial charge in [-0.15, -0.1) is 0 Å². The Morgan fingerprint density at radius 3 is 2.40 bits per heavy atom. The highest BCUT2D eigenvalue weighted by Crippen LogP contribution is 2.26. The molecule has 2 N–H and O–H groups in total. The van der Waals surface area contributed by atoms with E-state index >= 15 is 0 Å². The van der Waals surface area contributed by atoms with Crippen molar-refractivity contribution in [2.75, 3.05) is 31.5 Å². The summed E-state index contributed by atoms with van der Waals surface area (Å²) in [5.41, 5.74) is 1.73. The molecule has 1 saturated heterocycles. The van der Waals surface area contributed by atoms with Crippen LogP contribution in [0, 0.1) is 5.92 Å². The lowest BCUT2D eigenvalue weighted by molar-refractivity contribution is -0.119. The molecule has 0 bridgehead atoms. The number of hydrogen-bond donors (Lipinski definition) is 2. The first kappa shape index (κ1) is 22.0. The second kappa shape index (κ2) is 9.43. The van der Waals surface area contributed by atoms with Crippen LogP contribution in [0.4, 0.5) is 5.82 Å². The Hall–Kier alpha value is -2.67. The number of carbonyl (C=O) groups is 2. The number of nitrogens with one attached hydrogen (secondary N) is 2. The van der Waals surface area contributed by atoms with Crippen LogP contribution in [0.3, 0.4) is 0 Å². The monoisotopic (exact) mass is 411 g/mol. The molecule has 1 aromatic heterocycles. The van der Waals surface area contributed by atoms with Crippen LogP contribution in [0.25, 0.3) is 5.69 Å². The van der Waals surface area contributed by atoms with Crippen molar-refractivity contribution in [1.29, 1.82) is 0 Å². The zero-order valence-electron chi connectivity index (χ0n) is 18.4. The number of carbonyl (C=O) groups excluding carboxylic acids is 2. The van der Waals surface area contributed by atoms with Gasteiger partial charge in [-0.25, -0.2) is 4.68 Å². The maximum absolute atomic E-state index is 12.8. The predicted molar refractivity (Wildman–Crippen MR) is 119 cm³/mol. The number of piperidine rings is 1. The maximum Gasteiger partial charge on any atom is 0.239 e. The minimum Gasteiger partial charge on any atom is -0.356 e. The van der Waals surface area contributed by atoms with Gasteiger partial charge in [-0.2, -0.15) is 5.10 Å². The molecule has 1 aromatic carbocycles. The van der Waals surface area contributed by atoms with Crippen molar-refractivity contribution >= 4 is 17.6 Å². The van der Waals surface area contributed by atoms with Crippen molar-refractivity contribution in [1.82, 2.24) is 20.0 Å². The fourth-order valence-corrected chi connectivity index (χ4v) is 3.62. The Kier molecular flexibility index (Phi) is 6.92. The van der Waals surface area contributed by atoms with Crippen LogP contribution in [0.15, 0.2) is 36.4 Å². The molecule has 0 saturated carbocycles. The van der Waals surface area contributed by atoms with Crippen LogP contribution < -0.4 is 10.6 Å². The first-order valence-electron chi connectivity index (χ1n) is 10.6. The van der Waals surface area contributed by atoms with E-state index in [0.717, 1.165) is 43.9 Å². The summed E-state index contributed by atoms with van der Waals surface area (Å²) in [6, 6.07) is 11.8. The minimum atomic E-state index is -0.116. The molecule has 3 rings (SSSR count). The Morgan fingerprint density at radius 2 is 1.80 bits per heavy atom. The Bertz CT molecular complexity index is 861. The number of likely N-dealkylation sites (tertiary alicyclic amines) is 1. The van der Waals surface area contributed by atoms with Crippen molar-refractivity contribution in [2.45, 2.75) is 46.0 Å². The van der Waals surface area contributed by atoms with Crippen LogP contribution in [-0.2, 0) is 15.0 Å². The molecule has 0 aliphatic carbocycles. The quantitative estimate of drug-likeness (QED) is 0.766. The van der Waals surface area contributed by atoms with Gasteiger partial charge in [-0.05, 0) is 44.0 Å². The second-order valence-electron chi connectivity index (χ2n) is 9.12. The number of hydrogen-bond acceptors (Lipinski definition) is 4. The van der Waals surface area contributed by atoms with Gasteiger partial charge in [-0.3, -0.25) is 14.5 Å². The number of nitrogens with zero attached hydrogens (tertiary/aromatic N) is 3. The van der Waals surface area contributed by atoms with E-state index in [1.807, 2.05) is 36.4 Å². The molecule has 1 aliphatic rings. The van der Waals surface area contributed by atoms with Gasteiger partial charge in [0.1, 0.15) is 5.82 Å². The van der Waals surface area contributed by atoms with E-state index in [4.69, 9.17) is 5.10 Å². The molecular formula is C23H33N5O2. The Labute approximate surface area is 178 Å². The number of rotatable bonds is 6. The van der Waals surface area contributed by atoms with E-state index in [2.05, 4.69) is 36.3 Å². The molecule has 162 valence electrons. The molecule has 0 radical (unpaired) electrons. The van der Waals surface area contributed by atoms with E-state index in [1.165, 1.54) is 0 Å². The van der Waals surface area contributed by atoms with Crippen LogP contribution in [-0.4, -0.2) is 52.7 Å². The third-order valence-corrected chi connectivity index (χ3v) is 5.46. The van der Waals surface area contributed by atoms with Crippen molar-refractivity contribution in [3.63, 3.8) is 0 Å². The normalized spacial score (nSPS) is 15.7. The van der Waals surface area contributed by atoms with Gasteiger partial charge >= 0.3 is 0 Å². The van der Waals surface area contributed by atoms with Gasteiger partial charge in [0.15, 0.2) is 0 Å². The number of benzene rings is 1. The molecule has 2 aromatic rings. The van der Waals surface area contributed by atoms with E-state index in [-0.39, 0.29) is 17.2 Å².